The molecule has 0 atom stereocenters. The Morgan fingerprint density at radius 2 is 2.58 bits per heavy atom. The largest absolute Gasteiger partial charge is 0.374 e. The average molecular weight is 182 g/mol. The van der Waals surface area contributed by atoms with Gasteiger partial charge in [-0.2, -0.15) is 15.4 Å². The number of rotatable bonds is 3. The fourth-order valence-electron chi connectivity index (χ4n) is 0.961. The van der Waals surface area contributed by atoms with Gasteiger partial charge < -0.3 is 5.32 Å². The molecular formula is C7H10N4S. The van der Waals surface area contributed by atoms with Gasteiger partial charge in [-0.05, 0) is 18.8 Å². The van der Waals surface area contributed by atoms with E-state index in [1.807, 2.05) is 0 Å². The number of H-pyrrole nitrogens is 1. The van der Waals surface area contributed by atoms with Gasteiger partial charge in [0.15, 0.2) is 0 Å². The van der Waals surface area contributed by atoms with Crippen molar-refractivity contribution in [2.45, 2.75) is 12.8 Å². The molecule has 2 N–H and O–H groups in total. The van der Waals surface area contributed by atoms with Crippen molar-refractivity contribution in [2.75, 3.05) is 6.54 Å². The van der Waals surface area contributed by atoms with Crippen LogP contribution in [0.15, 0.2) is 6.20 Å². The molecule has 0 amide bonds. The summed E-state index contributed by atoms with van der Waals surface area (Å²) >= 11 is 5.09. The molecule has 0 radical (unpaired) electrons. The zero-order chi connectivity index (χ0) is 8.39. The van der Waals surface area contributed by atoms with Crippen molar-refractivity contribution in [3.05, 3.63) is 11.9 Å². The quantitative estimate of drug-likeness (QED) is 0.668. The highest BCUT2D eigenvalue weighted by Crippen LogP contribution is 2.27. The minimum Gasteiger partial charge on any atom is -0.374 e. The highest BCUT2D eigenvalue weighted by atomic mass is 32.1. The van der Waals surface area contributed by atoms with E-state index in [2.05, 4.69) is 20.7 Å². The second-order valence-corrected chi connectivity index (χ2v) is 3.42. The summed E-state index contributed by atoms with van der Waals surface area (Å²) in [5.74, 6) is 0.829. The maximum atomic E-state index is 5.09. The number of nitrogens with one attached hydrogen (secondary N) is 2. The molecule has 0 bridgehead atoms. The zero-order valence-corrected chi connectivity index (χ0v) is 7.40. The second kappa shape index (κ2) is 3.18. The van der Waals surface area contributed by atoms with Crippen molar-refractivity contribution >= 4 is 17.2 Å². The molecule has 0 aromatic carbocycles. The summed E-state index contributed by atoms with van der Waals surface area (Å²) in [7, 11) is 0. The zero-order valence-electron chi connectivity index (χ0n) is 6.58. The highest BCUT2D eigenvalue weighted by molar-refractivity contribution is 7.80. The van der Waals surface area contributed by atoms with Gasteiger partial charge in [-0.1, -0.05) is 12.2 Å². The summed E-state index contributed by atoms with van der Waals surface area (Å²) in [5, 5.41) is 13.2. The molecule has 1 aromatic heterocycles. The highest BCUT2D eigenvalue weighted by Gasteiger charge is 2.21. The summed E-state index contributed by atoms with van der Waals surface area (Å²) in [6.45, 7) is 0.978. The van der Waals surface area contributed by atoms with E-state index in [1.54, 1.807) is 6.20 Å². The van der Waals surface area contributed by atoms with E-state index in [0.29, 0.717) is 4.99 Å². The Kier molecular flexibility index (Phi) is 2.03. The predicted octanol–water partition coefficient (Wildman–Crippen LogP) is 0.480. The first-order valence-corrected chi connectivity index (χ1v) is 4.41. The van der Waals surface area contributed by atoms with Gasteiger partial charge in [0.05, 0.1) is 6.20 Å². The van der Waals surface area contributed by atoms with Crippen LogP contribution in [0.4, 0.5) is 0 Å². The number of thiocarbonyl (C=S) groups is 1. The molecule has 1 aromatic rings. The first kappa shape index (κ1) is 7.67. The summed E-state index contributed by atoms with van der Waals surface area (Å²) in [4.78, 5) is 0.690. The van der Waals surface area contributed by atoms with Crippen molar-refractivity contribution in [3.8, 4) is 0 Å². The van der Waals surface area contributed by atoms with Gasteiger partial charge in [-0.25, -0.2) is 0 Å². The van der Waals surface area contributed by atoms with Crippen LogP contribution < -0.4 is 5.32 Å². The standard InChI is InChI=1S/C7H10N4S/c12-7(6-4-9-11-10-6)8-3-5-1-2-5/h4-5H,1-3H2,(H,8,12)(H,9,10,11). The number of hydrogen-bond acceptors (Lipinski definition) is 3. The van der Waals surface area contributed by atoms with Crippen LogP contribution in [0.1, 0.15) is 18.5 Å². The molecule has 5 heteroatoms. The molecule has 1 saturated carbocycles. The summed E-state index contributed by atoms with van der Waals surface area (Å²) < 4.78 is 0. The number of aromatic amines is 1. The molecule has 1 heterocycles. The minimum atomic E-state index is 0.690. The lowest BCUT2D eigenvalue weighted by molar-refractivity contribution is 0.777. The van der Waals surface area contributed by atoms with Crippen molar-refractivity contribution < 1.29 is 0 Å². The monoisotopic (exact) mass is 182 g/mol. The average Bonchev–Trinajstić information content (AvgIpc) is 2.74. The second-order valence-electron chi connectivity index (χ2n) is 3.01. The van der Waals surface area contributed by atoms with E-state index in [-0.39, 0.29) is 0 Å². The Balaban J connectivity index is 1.83. The molecule has 0 spiro atoms. The van der Waals surface area contributed by atoms with Crippen LogP contribution in [0.2, 0.25) is 0 Å². The Morgan fingerprint density at radius 3 is 3.17 bits per heavy atom. The fourth-order valence-corrected chi connectivity index (χ4v) is 1.14. The molecule has 2 rings (SSSR count). The van der Waals surface area contributed by atoms with Gasteiger partial charge >= 0.3 is 0 Å². The van der Waals surface area contributed by atoms with Gasteiger partial charge in [0.2, 0.25) is 0 Å². The van der Waals surface area contributed by atoms with Crippen molar-refractivity contribution in [1.82, 2.24) is 20.7 Å². The van der Waals surface area contributed by atoms with Crippen LogP contribution in [0.3, 0.4) is 0 Å². The molecule has 4 nitrogen and oxygen atoms in total. The van der Waals surface area contributed by atoms with E-state index in [1.165, 1.54) is 12.8 Å². The van der Waals surface area contributed by atoms with E-state index in [9.17, 15) is 0 Å². The Hall–Kier alpha value is -0.970. The maximum absolute atomic E-state index is 5.09. The molecule has 1 fully saturated rings. The lowest BCUT2D eigenvalue weighted by Crippen LogP contribution is -2.24. The third-order valence-electron chi connectivity index (χ3n) is 1.90. The molecule has 1 aliphatic carbocycles. The Morgan fingerprint density at radius 1 is 1.75 bits per heavy atom. The topological polar surface area (TPSA) is 53.6 Å². The maximum Gasteiger partial charge on any atom is 0.139 e. The van der Waals surface area contributed by atoms with Crippen LogP contribution in [0, 0.1) is 5.92 Å². The molecule has 12 heavy (non-hydrogen) atoms. The van der Waals surface area contributed by atoms with Gasteiger partial charge in [-0.3, -0.25) is 0 Å². The lowest BCUT2D eigenvalue weighted by atomic mass is 10.4. The molecule has 64 valence electrons. The van der Waals surface area contributed by atoms with Gasteiger partial charge in [0.25, 0.3) is 0 Å². The van der Waals surface area contributed by atoms with E-state index >= 15 is 0 Å². The van der Waals surface area contributed by atoms with Gasteiger partial charge in [0, 0.05) is 6.54 Å². The summed E-state index contributed by atoms with van der Waals surface area (Å²) in [6, 6.07) is 0. The molecule has 0 saturated heterocycles. The van der Waals surface area contributed by atoms with Crippen molar-refractivity contribution in [3.63, 3.8) is 0 Å². The molecule has 0 aliphatic heterocycles. The Bertz CT molecular complexity index is 265. The SMILES string of the molecule is S=C(NCC1CC1)c1cn[nH]n1. The number of aromatic nitrogens is 3. The first-order valence-electron chi connectivity index (χ1n) is 4.00. The molecule has 1 aliphatic rings. The van der Waals surface area contributed by atoms with Crippen molar-refractivity contribution in [1.29, 1.82) is 0 Å². The van der Waals surface area contributed by atoms with E-state index in [0.717, 1.165) is 18.2 Å². The third-order valence-corrected chi connectivity index (χ3v) is 2.25. The van der Waals surface area contributed by atoms with Crippen LogP contribution in [0.25, 0.3) is 0 Å². The summed E-state index contributed by atoms with van der Waals surface area (Å²) in [6.07, 6.45) is 4.28. The summed E-state index contributed by atoms with van der Waals surface area (Å²) in [5.41, 5.74) is 0.727. The number of hydrogen-bond donors (Lipinski definition) is 2. The molecule has 0 unspecified atom stereocenters. The molecular weight excluding hydrogens is 172 g/mol. The van der Waals surface area contributed by atoms with Crippen LogP contribution in [0.5, 0.6) is 0 Å². The van der Waals surface area contributed by atoms with E-state index in [4.69, 9.17) is 12.2 Å². The Labute approximate surface area is 75.7 Å². The minimum absolute atomic E-state index is 0.690. The van der Waals surface area contributed by atoms with Crippen LogP contribution in [-0.4, -0.2) is 26.9 Å². The normalized spacial score (nSPS) is 16.0. The smallest absolute Gasteiger partial charge is 0.139 e. The fraction of sp³-hybridized carbons (Fsp3) is 0.571. The predicted molar refractivity (Wildman–Crippen MR) is 48.8 cm³/mol. The van der Waals surface area contributed by atoms with Crippen molar-refractivity contribution in [2.24, 2.45) is 5.92 Å². The van der Waals surface area contributed by atoms with Crippen LogP contribution in [-0.2, 0) is 0 Å². The van der Waals surface area contributed by atoms with Gasteiger partial charge in [-0.15, -0.1) is 0 Å². The lowest BCUT2D eigenvalue weighted by Gasteiger charge is -2.02. The first-order chi connectivity index (χ1) is 5.86. The van der Waals surface area contributed by atoms with Crippen LogP contribution >= 0.6 is 12.2 Å². The number of nitrogens with zero attached hydrogens (tertiary/aromatic N) is 2. The third kappa shape index (κ3) is 1.79. The van der Waals surface area contributed by atoms with E-state index < -0.39 is 0 Å². The van der Waals surface area contributed by atoms with Gasteiger partial charge in [0.1, 0.15) is 10.7 Å².